The Morgan fingerprint density at radius 2 is 2.07 bits per heavy atom. The molecule has 0 amide bonds. The maximum absolute atomic E-state index is 11.9. The molecule has 0 aliphatic carbocycles. The summed E-state index contributed by atoms with van der Waals surface area (Å²) < 4.78 is 35.7. The lowest BCUT2D eigenvalue weighted by molar-refractivity contribution is -0.135. The molecule has 1 nitrogen and oxygen atoms in total. The number of hydrogen-bond acceptors (Lipinski definition) is 1. The fourth-order valence-electron chi connectivity index (χ4n) is 1.40. The largest absolute Gasteiger partial charge is 0.389 e. The maximum atomic E-state index is 11.9. The second-order valence-corrected chi connectivity index (χ2v) is 3.68. The van der Waals surface area contributed by atoms with Crippen molar-refractivity contribution in [1.29, 1.82) is 0 Å². The molecule has 0 radical (unpaired) electrons. The van der Waals surface area contributed by atoms with Gasteiger partial charge in [-0.25, -0.2) is 0 Å². The number of nitrogens with one attached hydrogen (secondary N) is 1. The summed E-state index contributed by atoms with van der Waals surface area (Å²) in [7, 11) is 0. The molecule has 0 bridgehead atoms. The molecule has 0 aromatic carbocycles. The van der Waals surface area contributed by atoms with E-state index in [0.29, 0.717) is 6.42 Å². The molecule has 1 N–H and O–H groups in total. The van der Waals surface area contributed by atoms with Gasteiger partial charge in [0.25, 0.3) is 0 Å². The van der Waals surface area contributed by atoms with Crippen LogP contribution in [0.5, 0.6) is 0 Å². The highest BCUT2D eigenvalue weighted by atomic mass is 19.4. The molecule has 90 valence electrons. The van der Waals surface area contributed by atoms with E-state index >= 15 is 0 Å². The Labute approximate surface area is 89.7 Å². The van der Waals surface area contributed by atoms with Crippen LogP contribution in [0.2, 0.25) is 0 Å². The zero-order valence-corrected chi connectivity index (χ0v) is 9.24. The van der Waals surface area contributed by atoms with Crippen molar-refractivity contribution in [2.45, 2.75) is 51.2 Å². The highest BCUT2D eigenvalue weighted by Gasteiger charge is 2.26. The van der Waals surface area contributed by atoms with Gasteiger partial charge in [0.1, 0.15) is 0 Å². The summed E-state index contributed by atoms with van der Waals surface area (Å²) in [5.74, 6) is 0. The lowest BCUT2D eigenvalue weighted by Gasteiger charge is -2.17. The van der Waals surface area contributed by atoms with E-state index in [1.807, 2.05) is 6.92 Å². The third kappa shape index (κ3) is 9.79. The zero-order valence-electron chi connectivity index (χ0n) is 9.24. The molecule has 0 rings (SSSR count). The van der Waals surface area contributed by atoms with Crippen LogP contribution in [-0.2, 0) is 0 Å². The van der Waals surface area contributed by atoms with Gasteiger partial charge in [0.15, 0.2) is 0 Å². The summed E-state index contributed by atoms with van der Waals surface area (Å²) in [6.45, 7) is 6.49. The van der Waals surface area contributed by atoms with Crippen LogP contribution in [0.25, 0.3) is 0 Å². The number of halogens is 3. The quantitative estimate of drug-likeness (QED) is 0.619. The van der Waals surface area contributed by atoms with Gasteiger partial charge in [-0.1, -0.05) is 13.0 Å². The van der Waals surface area contributed by atoms with Crippen molar-refractivity contribution in [3.63, 3.8) is 0 Å². The predicted octanol–water partition coefficient (Wildman–Crippen LogP) is 3.66. The van der Waals surface area contributed by atoms with Crippen molar-refractivity contribution in [2.75, 3.05) is 6.54 Å². The van der Waals surface area contributed by atoms with Crippen LogP contribution in [-0.4, -0.2) is 18.8 Å². The van der Waals surface area contributed by atoms with Gasteiger partial charge >= 0.3 is 6.18 Å². The Kier molecular flexibility index (Phi) is 7.48. The summed E-state index contributed by atoms with van der Waals surface area (Å²) in [5.41, 5.74) is 0. The Hall–Kier alpha value is -0.510. The summed E-state index contributed by atoms with van der Waals surface area (Å²) in [6.07, 6.45) is -0.478. The topological polar surface area (TPSA) is 12.0 Å². The van der Waals surface area contributed by atoms with E-state index in [1.165, 1.54) is 0 Å². The molecule has 0 saturated heterocycles. The number of alkyl halides is 3. The van der Waals surface area contributed by atoms with Gasteiger partial charge in [-0.2, -0.15) is 13.2 Å². The molecule has 0 aliphatic heterocycles. The third-order valence-electron chi connectivity index (χ3n) is 2.15. The van der Waals surface area contributed by atoms with Crippen molar-refractivity contribution >= 4 is 0 Å². The van der Waals surface area contributed by atoms with Crippen molar-refractivity contribution in [2.24, 2.45) is 0 Å². The number of hydrogen-bond donors (Lipinski definition) is 1. The van der Waals surface area contributed by atoms with E-state index in [4.69, 9.17) is 0 Å². The first-order valence-electron chi connectivity index (χ1n) is 5.40. The average molecular weight is 223 g/mol. The summed E-state index contributed by atoms with van der Waals surface area (Å²) in [6, 6.07) is 0.143. The van der Waals surface area contributed by atoms with Crippen LogP contribution < -0.4 is 5.32 Å². The summed E-state index contributed by atoms with van der Waals surface area (Å²) in [4.78, 5) is 0. The summed E-state index contributed by atoms with van der Waals surface area (Å²) in [5, 5.41) is 3.22. The van der Waals surface area contributed by atoms with Crippen LogP contribution in [0.1, 0.15) is 39.0 Å². The fraction of sp³-hybridized carbons (Fsp3) is 0.818. The molecular formula is C11H20F3N. The lowest BCUT2D eigenvalue weighted by atomic mass is 10.1. The van der Waals surface area contributed by atoms with Gasteiger partial charge in [0.2, 0.25) is 0 Å². The van der Waals surface area contributed by atoms with E-state index in [-0.39, 0.29) is 12.5 Å². The van der Waals surface area contributed by atoms with E-state index < -0.39 is 12.6 Å². The van der Waals surface area contributed by atoms with Crippen molar-refractivity contribution in [3.05, 3.63) is 12.7 Å². The Morgan fingerprint density at radius 1 is 1.40 bits per heavy atom. The minimum atomic E-state index is -4.02. The van der Waals surface area contributed by atoms with Crippen LogP contribution in [0.15, 0.2) is 12.7 Å². The van der Waals surface area contributed by atoms with Gasteiger partial charge in [-0.3, -0.25) is 0 Å². The molecule has 0 spiro atoms. The SMILES string of the molecule is C=CCC(CCCC(F)(F)F)NCCC. The Morgan fingerprint density at radius 3 is 2.53 bits per heavy atom. The van der Waals surface area contributed by atoms with Crippen LogP contribution in [0.4, 0.5) is 13.2 Å². The van der Waals surface area contributed by atoms with Gasteiger partial charge in [0, 0.05) is 12.5 Å². The van der Waals surface area contributed by atoms with Crippen molar-refractivity contribution in [3.8, 4) is 0 Å². The van der Waals surface area contributed by atoms with Gasteiger partial charge < -0.3 is 5.32 Å². The second kappa shape index (κ2) is 7.74. The Bertz CT molecular complexity index is 166. The van der Waals surface area contributed by atoms with Gasteiger partial charge in [-0.05, 0) is 32.2 Å². The van der Waals surface area contributed by atoms with Crippen molar-refractivity contribution in [1.82, 2.24) is 5.32 Å². The molecule has 1 unspecified atom stereocenters. The highest BCUT2D eigenvalue weighted by Crippen LogP contribution is 2.23. The average Bonchev–Trinajstić information content (AvgIpc) is 2.12. The molecule has 0 aliphatic rings. The first kappa shape index (κ1) is 14.5. The van der Waals surface area contributed by atoms with Crippen molar-refractivity contribution < 1.29 is 13.2 Å². The third-order valence-corrected chi connectivity index (χ3v) is 2.15. The second-order valence-electron chi connectivity index (χ2n) is 3.68. The minimum absolute atomic E-state index is 0.143. The molecule has 1 atom stereocenters. The molecule has 0 fully saturated rings. The Balaban J connectivity index is 3.69. The zero-order chi connectivity index (χ0) is 11.7. The van der Waals surface area contributed by atoms with Crippen LogP contribution in [0, 0.1) is 0 Å². The molecule has 15 heavy (non-hydrogen) atoms. The lowest BCUT2D eigenvalue weighted by Crippen LogP contribution is -2.29. The van der Waals surface area contributed by atoms with Crippen LogP contribution >= 0.6 is 0 Å². The maximum Gasteiger partial charge on any atom is 0.389 e. The van der Waals surface area contributed by atoms with E-state index in [1.54, 1.807) is 6.08 Å². The number of rotatable bonds is 8. The molecule has 0 aromatic heterocycles. The normalized spacial score (nSPS) is 13.9. The fourth-order valence-corrected chi connectivity index (χ4v) is 1.40. The first-order valence-corrected chi connectivity index (χ1v) is 5.40. The monoisotopic (exact) mass is 223 g/mol. The smallest absolute Gasteiger partial charge is 0.314 e. The molecule has 0 heterocycles. The van der Waals surface area contributed by atoms with Gasteiger partial charge in [-0.15, -0.1) is 6.58 Å². The molecule has 0 aromatic rings. The predicted molar refractivity (Wildman–Crippen MR) is 56.8 cm³/mol. The summed E-state index contributed by atoms with van der Waals surface area (Å²) >= 11 is 0. The van der Waals surface area contributed by atoms with E-state index in [9.17, 15) is 13.2 Å². The highest BCUT2D eigenvalue weighted by molar-refractivity contribution is 4.78. The van der Waals surface area contributed by atoms with E-state index in [2.05, 4.69) is 11.9 Å². The van der Waals surface area contributed by atoms with E-state index in [0.717, 1.165) is 19.4 Å². The molecule has 0 saturated carbocycles. The van der Waals surface area contributed by atoms with Gasteiger partial charge in [0.05, 0.1) is 0 Å². The van der Waals surface area contributed by atoms with Crippen LogP contribution in [0.3, 0.4) is 0 Å². The standard InChI is InChI=1S/C11H20F3N/c1-3-6-10(15-9-4-2)7-5-8-11(12,13)14/h3,10,15H,1,4-9H2,2H3. The minimum Gasteiger partial charge on any atom is -0.314 e. The molecular weight excluding hydrogens is 203 g/mol. The first-order chi connectivity index (χ1) is 6.99. The molecule has 4 heteroatoms.